The van der Waals surface area contributed by atoms with Crippen LogP contribution in [0.25, 0.3) is 10.8 Å². The molecule has 1 aromatic heterocycles. The molecule has 0 amide bonds. The summed E-state index contributed by atoms with van der Waals surface area (Å²) in [5.41, 5.74) is 0.781. The molecule has 0 aliphatic heterocycles. The van der Waals surface area contributed by atoms with Gasteiger partial charge in [-0.1, -0.05) is 17.7 Å². The largest absolute Gasteiger partial charge is 0.497 e. The summed E-state index contributed by atoms with van der Waals surface area (Å²) in [5.74, 6) is 0.387. The lowest BCUT2D eigenvalue weighted by molar-refractivity contribution is -0.139. The van der Waals surface area contributed by atoms with Gasteiger partial charge in [0.2, 0.25) is 0 Å². The van der Waals surface area contributed by atoms with Crippen LogP contribution in [0.4, 0.5) is 0 Å². The molecule has 0 N–H and O–H groups in total. The normalized spacial score (nSPS) is 10.4. The number of carbonyl (C=O) groups excluding carboxylic acids is 1. The van der Waals surface area contributed by atoms with Gasteiger partial charge in [0.05, 0.1) is 20.6 Å². The van der Waals surface area contributed by atoms with E-state index in [4.69, 9.17) is 16.3 Å². The Labute approximate surface area is 109 Å². The number of hydrogen-bond donors (Lipinski definition) is 0. The van der Waals surface area contributed by atoms with Gasteiger partial charge in [-0.15, -0.1) is 0 Å². The van der Waals surface area contributed by atoms with Crippen molar-refractivity contribution in [3.8, 4) is 5.75 Å². The predicted molar refractivity (Wildman–Crippen MR) is 69.0 cm³/mol. The zero-order valence-corrected chi connectivity index (χ0v) is 10.8. The van der Waals surface area contributed by atoms with Crippen LogP contribution in [0.5, 0.6) is 5.75 Å². The second-order valence-corrected chi connectivity index (χ2v) is 4.10. The quantitative estimate of drug-likeness (QED) is 0.632. The first-order chi connectivity index (χ1) is 8.65. The third-order valence-electron chi connectivity index (χ3n) is 2.69. The van der Waals surface area contributed by atoms with Gasteiger partial charge < -0.3 is 9.47 Å². The summed E-state index contributed by atoms with van der Waals surface area (Å²) in [6.45, 7) is 0. The third kappa shape index (κ3) is 2.38. The van der Waals surface area contributed by atoms with Crippen molar-refractivity contribution in [3.05, 3.63) is 35.1 Å². The van der Waals surface area contributed by atoms with E-state index in [1.807, 2.05) is 12.1 Å². The standard InChI is InChI=1S/C13H12ClNO3/c1-17-9-3-4-10-8(5-12(16)18-2)7-15-13(14)11(10)6-9/h3-4,6-7H,5H2,1-2H3. The molecular formula is C13H12ClNO3. The van der Waals surface area contributed by atoms with Gasteiger partial charge in [-0.3, -0.25) is 4.79 Å². The minimum Gasteiger partial charge on any atom is -0.497 e. The van der Waals surface area contributed by atoms with Gasteiger partial charge in [0.1, 0.15) is 10.9 Å². The van der Waals surface area contributed by atoms with E-state index in [1.54, 1.807) is 19.4 Å². The second kappa shape index (κ2) is 5.23. The van der Waals surface area contributed by atoms with Crippen molar-refractivity contribution < 1.29 is 14.3 Å². The Kier molecular flexibility index (Phi) is 3.67. The van der Waals surface area contributed by atoms with Gasteiger partial charge in [0, 0.05) is 11.6 Å². The number of ether oxygens (including phenoxy) is 2. The van der Waals surface area contributed by atoms with E-state index in [9.17, 15) is 4.79 Å². The van der Waals surface area contributed by atoms with Crippen LogP contribution >= 0.6 is 11.6 Å². The number of pyridine rings is 1. The Bertz CT molecular complexity index is 598. The maximum Gasteiger partial charge on any atom is 0.310 e. The Morgan fingerprint density at radius 1 is 1.33 bits per heavy atom. The van der Waals surface area contributed by atoms with Crippen molar-refractivity contribution in [1.82, 2.24) is 4.98 Å². The monoisotopic (exact) mass is 265 g/mol. The number of rotatable bonds is 3. The fourth-order valence-electron chi connectivity index (χ4n) is 1.74. The molecule has 4 nitrogen and oxygen atoms in total. The number of hydrogen-bond acceptors (Lipinski definition) is 4. The summed E-state index contributed by atoms with van der Waals surface area (Å²) in [6, 6.07) is 5.48. The first kappa shape index (κ1) is 12.6. The molecule has 1 aromatic carbocycles. The molecule has 0 aliphatic carbocycles. The highest BCUT2D eigenvalue weighted by atomic mass is 35.5. The number of halogens is 1. The maximum absolute atomic E-state index is 11.3. The molecule has 18 heavy (non-hydrogen) atoms. The van der Waals surface area contributed by atoms with Gasteiger partial charge in [-0.05, 0) is 23.1 Å². The number of fused-ring (bicyclic) bond motifs is 1. The van der Waals surface area contributed by atoms with Crippen LogP contribution in [0.3, 0.4) is 0 Å². The second-order valence-electron chi connectivity index (χ2n) is 3.74. The van der Waals surface area contributed by atoms with Gasteiger partial charge in [0.25, 0.3) is 0 Å². The molecule has 2 aromatic rings. The van der Waals surface area contributed by atoms with E-state index in [2.05, 4.69) is 9.72 Å². The van der Waals surface area contributed by atoms with Crippen LogP contribution in [0, 0.1) is 0 Å². The average molecular weight is 266 g/mol. The first-order valence-electron chi connectivity index (χ1n) is 5.33. The van der Waals surface area contributed by atoms with Crippen LogP contribution in [0.1, 0.15) is 5.56 Å². The van der Waals surface area contributed by atoms with Crippen molar-refractivity contribution in [3.63, 3.8) is 0 Å². The van der Waals surface area contributed by atoms with Gasteiger partial charge in [-0.2, -0.15) is 0 Å². The highest BCUT2D eigenvalue weighted by molar-refractivity contribution is 6.34. The van der Waals surface area contributed by atoms with E-state index in [0.29, 0.717) is 10.9 Å². The van der Waals surface area contributed by atoms with Crippen LogP contribution in [-0.2, 0) is 16.0 Å². The van der Waals surface area contributed by atoms with Crippen molar-refractivity contribution >= 4 is 28.3 Å². The average Bonchev–Trinajstić information content (AvgIpc) is 2.41. The van der Waals surface area contributed by atoms with E-state index in [1.165, 1.54) is 7.11 Å². The van der Waals surface area contributed by atoms with E-state index >= 15 is 0 Å². The van der Waals surface area contributed by atoms with Gasteiger partial charge in [-0.25, -0.2) is 4.98 Å². The number of aromatic nitrogens is 1. The highest BCUT2D eigenvalue weighted by Gasteiger charge is 2.11. The van der Waals surface area contributed by atoms with Crippen LogP contribution in [0.2, 0.25) is 5.15 Å². The van der Waals surface area contributed by atoms with E-state index in [0.717, 1.165) is 16.3 Å². The fourth-order valence-corrected chi connectivity index (χ4v) is 1.95. The van der Waals surface area contributed by atoms with Crippen molar-refractivity contribution in [2.45, 2.75) is 6.42 Å². The molecule has 1 heterocycles. The fraction of sp³-hybridized carbons (Fsp3) is 0.231. The first-order valence-corrected chi connectivity index (χ1v) is 5.71. The van der Waals surface area contributed by atoms with Gasteiger partial charge in [0.15, 0.2) is 0 Å². The summed E-state index contributed by atoms with van der Waals surface area (Å²) in [7, 11) is 2.94. The molecule has 94 valence electrons. The number of carbonyl (C=O) groups is 1. The van der Waals surface area contributed by atoms with E-state index < -0.39 is 0 Å². The summed E-state index contributed by atoms with van der Waals surface area (Å²) in [5, 5.41) is 2.02. The molecule has 0 aliphatic rings. The Morgan fingerprint density at radius 3 is 2.78 bits per heavy atom. The maximum atomic E-state index is 11.3. The molecule has 0 spiro atoms. The zero-order valence-electron chi connectivity index (χ0n) is 10.1. The summed E-state index contributed by atoms with van der Waals surface area (Å²) in [6.07, 6.45) is 1.76. The SMILES string of the molecule is COC(=O)Cc1cnc(Cl)c2cc(OC)ccc12. The minimum atomic E-state index is -0.309. The molecule has 0 atom stereocenters. The smallest absolute Gasteiger partial charge is 0.310 e. The molecular weight excluding hydrogens is 254 g/mol. The Hall–Kier alpha value is -1.81. The highest BCUT2D eigenvalue weighted by Crippen LogP contribution is 2.28. The molecule has 0 radical (unpaired) electrons. The lowest BCUT2D eigenvalue weighted by Gasteiger charge is -2.08. The molecule has 0 bridgehead atoms. The number of methoxy groups -OCH3 is 2. The number of nitrogens with zero attached hydrogens (tertiary/aromatic N) is 1. The lowest BCUT2D eigenvalue weighted by atomic mass is 10.1. The molecule has 0 fully saturated rings. The summed E-state index contributed by atoms with van der Waals surface area (Å²) >= 11 is 6.05. The summed E-state index contributed by atoms with van der Waals surface area (Å²) < 4.78 is 9.80. The number of esters is 1. The molecule has 5 heteroatoms. The summed E-state index contributed by atoms with van der Waals surface area (Å²) in [4.78, 5) is 15.4. The van der Waals surface area contributed by atoms with Crippen LogP contribution in [0.15, 0.2) is 24.4 Å². The third-order valence-corrected chi connectivity index (χ3v) is 2.99. The van der Waals surface area contributed by atoms with Crippen molar-refractivity contribution in [1.29, 1.82) is 0 Å². The predicted octanol–water partition coefficient (Wildman–Crippen LogP) is 2.61. The zero-order chi connectivity index (χ0) is 13.1. The van der Waals surface area contributed by atoms with E-state index in [-0.39, 0.29) is 12.4 Å². The molecule has 0 saturated carbocycles. The van der Waals surface area contributed by atoms with Gasteiger partial charge >= 0.3 is 5.97 Å². The Morgan fingerprint density at radius 2 is 2.11 bits per heavy atom. The Balaban J connectivity index is 2.56. The van der Waals surface area contributed by atoms with Crippen LogP contribution in [-0.4, -0.2) is 25.2 Å². The molecule has 0 unspecified atom stereocenters. The minimum absolute atomic E-state index is 0.170. The molecule has 0 saturated heterocycles. The number of benzene rings is 1. The van der Waals surface area contributed by atoms with Crippen molar-refractivity contribution in [2.24, 2.45) is 0 Å². The van der Waals surface area contributed by atoms with Crippen LogP contribution < -0.4 is 4.74 Å². The lowest BCUT2D eigenvalue weighted by Crippen LogP contribution is -2.05. The topological polar surface area (TPSA) is 48.4 Å². The van der Waals surface area contributed by atoms with Crippen molar-refractivity contribution in [2.75, 3.05) is 14.2 Å². The molecule has 2 rings (SSSR count).